The zero-order chi connectivity index (χ0) is 7.11. The highest BCUT2D eigenvalue weighted by Gasteiger charge is 1.92. The van der Waals surface area contributed by atoms with Gasteiger partial charge in [-0.25, -0.2) is 0 Å². The summed E-state index contributed by atoms with van der Waals surface area (Å²) in [5.41, 5.74) is 0. The summed E-state index contributed by atoms with van der Waals surface area (Å²) >= 11 is 0. The van der Waals surface area contributed by atoms with Crippen molar-refractivity contribution in [2.75, 3.05) is 27.4 Å². The van der Waals surface area contributed by atoms with Crippen molar-refractivity contribution in [1.82, 2.24) is 10.6 Å². The largest absolute Gasteiger partial charge is 0.370 e. The van der Waals surface area contributed by atoms with Crippen LogP contribution in [0.2, 0.25) is 0 Å². The normalized spacial score (nSPS) is 9.11. The highest BCUT2D eigenvalue weighted by molar-refractivity contribution is 5.77. The molecular formula is C5H12N2O2. The van der Waals surface area contributed by atoms with Gasteiger partial charge in [0.05, 0.1) is 13.3 Å². The van der Waals surface area contributed by atoms with Crippen LogP contribution in [0.3, 0.4) is 0 Å². The van der Waals surface area contributed by atoms with Gasteiger partial charge < -0.3 is 10.1 Å². The minimum absolute atomic E-state index is 0.0351. The summed E-state index contributed by atoms with van der Waals surface area (Å²) in [4.78, 5) is 10.5. The SMILES string of the molecule is CNC(=O)CNCOC. The van der Waals surface area contributed by atoms with E-state index in [2.05, 4.69) is 15.4 Å². The number of methoxy groups -OCH3 is 1. The Kier molecular flexibility index (Phi) is 5.15. The van der Waals surface area contributed by atoms with E-state index in [1.165, 1.54) is 0 Å². The van der Waals surface area contributed by atoms with Crippen LogP contribution >= 0.6 is 0 Å². The van der Waals surface area contributed by atoms with Gasteiger partial charge in [-0.3, -0.25) is 10.1 Å². The molecule has 4 nitrogen and oxygen atoms in total. The number of likely N-dealkylation sites (N-methyl/N-ethyl adjacent to an activating group) is 1. The van der Waals surface area contributed by atoms with Crippen LogP contribution < -0.4 is 10.6 Å². The molecule has 0 bridgehead atoms. The van der Waals surface area contributed by atoms with Gasteiger partial charge in [0.1, 0.15) is 0 Å². The van der Waals surface area contributed by atoms with Gasteiger partial charge in [0, 0.05) is 14.2 Å². The lowest BCUT2D eigenvalue weighted by Gasteiger charge is -2.00. The van der Waals surface area contributed by atoms with Crippen molar-refractivity contribution in [2.45, 2.75) is 0 Å². The molecular weight excluding hydrogens is 120 g/mol. The summed E-state index contributed by atoms with van der Waals surface area (Å²) in [6.07, 6.45) is 0. The molecule has 1 amide bonds. The fourth-order valence-corrected chi connectivity index (χ4v) is 0.355. The molecule has 0 aliphatic rings. The maximum Gasteiger partial charge on any atom is 0.233 e. The molecule has 0 aliphatic carbocycles. The van der Waals surface area contributed by atoms with Gasteiger partial charge in [0.2, 0.25) is 5.91 Å². The number of rotatable bonds is 4. The quantitative estimate of drug-likeness (QED) is 0.378. The first kappa shape index (κ1) is 8.39. The second-order valence-electron chi connectivity index (χ2n) is 1.53. The van der Waals surface area contributed by atoms with E-state index in [1.54, 1.807) is 14.2 Å². The van der Waals surface area contributed by atoms with Crippen LogP contribution in [0.5, 0.6) is 0 Å². The van der Waals surface area contributed by atoms with E-state index < -0.39 is 0 Å². The minimum Gasteiger partial charge on any atom is -0.370 e. The summed E-state index contributed by atoms with van der Waals surface area (Å²) in [5.74, 6) is -0.0351. The maximum absolute atomic E-state index is 10.5. The lowest BCUT2D eigenvalue weighted by molar-refractivity contribution is -0.120. The molecule has 0 atom stereocenters. The molecule has 0 aromatic heterocycles. The molecule has 0 fully saturated rings. The Balaban J connectivity index is 2.97. The Bertz CT molecular complexity index is 85.0. The molecule has 4 heteroatoms. The lowest BCUT2D eigenvalue weighted by Crippen LogP contribution is -2.32. The first-order valence-electron chi connectivity index (χ1n) is 2.71. The van der Waals surface area contributed by atoms with E-state index in [9.17, 15) is 4.79 Å². The summed E-state index contributed by atoms with van der Waals surface area (Å²) in [5, 5.41) is 5.22. The third-order valence-electron chi connectivity index (χ3n) is 0.811. The molecule has 0 heterocycles. The lowest BCUT2D eigenvalue weighted by atomic mass is 10.6. The van der Waals surface area contributed by atoms with E-state index >= 15 is 0 Å². The van der Waals surface area contributed by atoms with Crippen molar-refractivity contribution < 1.29 is 9.53 Å². The molecule has 0 rings (SSSR count). The number of nitrogens with one attached hydrogen (secondary N) is 2. The number of hydrogen-bond acceptors (Lipinski definition) is 3. The Morgan fingerprint density at radius 2 is 2.33 bits per heavy atom. The van der Waals surface area contributed by atoms with Crippen molar-refractivity contribution in [3.63, 3.8) is 0 Å². The van der Waals surface area contributed by atoms with Crippen molar-refractivity contribution in [2.24, 2.45) is 0 Å². The highest BCUT2D eigenvalue weighted by atomic mass is 16.5. The van der Waals surface area contributed by atoms with Gasteiger partial charge in [0.15, 0.2) is 0 Å². The average molecular weight is 132 g/mol. The fourth-order valence-electron chi connectivity index (χ4n) is 0.355. The summed E-state index contributed by atoms with van der Waals surface area (Å²) in [6, 6.07) is 0. The van der Waals surface area contributed by atoms with Gasteiger partial charge in [-0.1, -0.05) is 0 Å². The number of carbonyl (C=O) groups is 1. The third-order valence-corrected chi connectivity index (χ3v) is 0.811. The number of carbonyl (C=O) groups excluding carboxylic acids is 1. The maximum atomic E-state index is 10.5. The molecule has 0 aromatic rings. The smallest absolute Gasteiger partial charge is 0.233 e. The van der Waals surface area contributed by atoms with E-state index in [1.807, 2.05) is 0 Å². The number of hydrogen-bond donors (Lipinski definition) is 2. The summed E-state index contributed by atoms with van der Waals surface area (Å²) < 4.78 is 4.65. The molecule has 0 aliphatic heterocycles. The van der Waals surface area contributed by atoms with E-state index in [4.69, 9.17) is 0 Å². The fraction of sp³-hybridized carbons (Fsp3) is 0.800. The Morgan fingerprint density at radius 1 is 1.67 bits per heavy atom. The van der Waals surface area contributed by atoms with Crippen molar-refractivity contribution in [1.29, 1.82) is 0 Å². The summed E-state index contributed by atoms with van der Waals surface area (Å²) in [7, 11) is 3.16. The second-order valence-corrected chi connectivity index (χ2v) is 1.53. The van der Waals surface area contributed by atoms with E-state index in [-0.39, 0.29) is 5.91 Å². The third kappa shape index (κ3) is 5.26. The van der Waals surface area contributed by atoms with Crippen LogP contribution in [0.4, 0.5) is 0 Å². The molecule has 0 unspecified atom stereocenters. The van der Waals surface area contributed by atoms with Crippen molar-refractivity contribution in [3.8, 4) is 0 Å². The molecule has 0 saturated heterocycles. The minimum atomic E-state index is -0.0351. The second kappa shape index (κ2) is 5.53. The topological polar surface area (TPSA) is 50.4 Å². The first-order chi connectivity index (χ1) is 4.31. The molecule has 0 saturated carbocycles. The van der Waals surface area contributed by atoms with E-state index in [0.29, 0.717) is 13.3 Å². The van der Waals surface area contributed by atoms with Crippen LogP contribution in [0.1, 0.15) is 0 Å². The Hall–Kier alpha value is -0.610. The van der Waals surface area contributed by atoms with E-state index in [0.717, 1.165) is 0 Å². The van der Waals surface area contributed by atoms with Crippen molar-refractivity contribution >= 4 is 5.91 Å². The van der Waals surface area contributed by atoms with Crippen LogP contribution in [-0.2, 0) is 9.53 Å². The van der Waals surface area contributed by atoms with Gasteiger partial charge >= 0.3 is 0 Å². The van der Waals surface area contributed by atoms with Crippen molar-refractivity contribution in [3.05, 3.63) is 0 Å². The first-order valence-corrected chi connectivity index (χ1v) is 2.71. The van der Waals surface area contributed by atoms with Crippen LogP contribution in [0.25, 0.3) is 0 Å². The highest BCUT2D eigenvalue weighted by Crippen LogP contribution is 1.61. The van der Waals surface area contributed by atoms with Gasteiger partial charge in [-0.15, -0.1) is 0 Å². The van der Waals surface area contributed by atoms with Crippen LogP contribution in [0.15, 0.2) is 0 Å². The van der Waals surface area contributed by atoms with Gasteiger partial charge in [-0.05, 0) is 0 Å². The van der Waals surface area contributed by atoms with Crippen LogP contribution in [0, 0.1) is 0 Å². The van der Waals surface area contributed by atoms with Crippen LogP contribution in [-0.4, -0.2) is 33.3 Å². The van der Waals surface area contributed by atoms with Gasteiger partial charge in [0.25, 0.3) is 0 Å². The Labute approximate surface area is 54.6 Å². The number of ether oxygens (including phenoxy) is 1. The molecule has 0 aromatic carbocycles. The predicted octanol–water partition coefficient (Wildman–Crippen LogP) is -1.07. The molecule has 0 spiro atoms. The zero-order valence-electron chi connectivity index (χ0n) is 5.73. The molecule has 0 radical (unpaired) electrons. The Morgan fingerprint density at radius 3 is 2.78 bits per heavy atom. The molecule has 54 valence electrons. The van der Waals surface area contributed by atoms with Gasteiger partial charge in [-0.2, -0.15) is 0 Å². The predicted molar refractivity (Wildman–Crippen MR) is 33.9 cm³/mol. The molecule has 2 N–H and O–H groups in total. The zero-order valence-corrected chi connectivity index (χ0v) is 5.73. The monoisotopic (exact) mass is 132 g/mol. The number of amides is 1. The summed E-state index contributed by atoms with van der Waals surface area (Å²) in [6.45, 7) is 0.720. The average Bonchev–Trinajstić information content (AvgIpc) is 1.89. The molecule has 9 heavy (non-hydrogen) atoms. The standard InChI is InChI=1S/C5H12N2O2/c1-6-5(8)3-7-4-9-2/h7H,3-4H2,1-2H3,(H,6,8).